The number of aliphatic hydroxyl groups is 1. The molecule has 4 atom stereocenters. The Hall–Kier alpha value is -0.870. The number of hydrogen-bond donors (Lipinski definition) is 2. The van der Waals surface area contributed by atoms with Crippen molar-refractivity contribution in [3.63, 3.8) is 0 Å². The number of aliphatic carboxylic acids is 1. The molecule has 0 radical (unpaired) electrons. The Bertz CT molecular complexity index is 313. The van der Waals surface area contributed by atoms with Gasteiger partial charge in [0.05, 0.1) is 12.2 Å². The number of aliphatic hydroxyl groups excluding tert-OH is 1. The average Bonchev–Trinajstić information content (AvgIpc) is 2.93. The van der Waals surface area contributed by atoms with Gasteiger partial charge in [0.25, 0.3) is 0 Å². The molecule has 0 aromatic rings. The second kappa shape index (κ2) is 6.34. The molecule has 2 fully saturated rings. The molecule has 4 heteroatoms. The highest BCUT2D eigenvalue weighted by Crippen LogP contribution is 2.45. The summed E-state index contributed by atoms with van der Waals surface area (Å²) in [5.74, 6) is -0.0348. The molecule has 2 rings (SSSR count). The van der Waals surface area contributed by atoms with E-state index in [1.54, 1.807) is 6.08 Å². The fourth-order valence-electron chi connectivity index (χ4n) is 3.35. The Labute approximate surface area is 108 Å². The van der Waals surface area contributed by atoms with Gasteiger partial charge in [-0.3, -0.25) is 0 Å². The van der Waals surface area contributed by atoms with Gasteiger partial charge in [-0.1, -0.05) is 12.5 Å². The Morgan fingerprint density at radius 1 is 1.22 bits per heavy atom. The Balaban J connectivity index is 1.66. The monoisotopic (exact) mass is 254 g/mol. The highest BCUT2D eigenvalue weighted by molar-refractivity contribution is 5.79. The van der Waals surface area contributed by atoms with Gasteiger partial charge in [0.2, 0.25) is 0 Å². The van der Waals surface area contributed by atoms with E-state index in [1.807, 2.05) is 0 Å². The Morgan fingerprint density at radius 2 is 1.94 bits per heavy atom. The maximum absolute atomic E-state index is 10.3. The van der Waals surface area contributed by atoms with Crippen molar-refractivity contribution in [2.24, 2.45) is 11.8 Å². The lowest BCUT2D eigenvalue weighted by molar-refractivity contribution is -0.131. The quantitative estimate of drug-likeness (QED) is 0.538. The third kappa shape index (κ3) is 3.12. The molecule has 0 amide bonds. The van der Waals surface area contributed by atoms with Crippen molar-refractivity contribution in [2.45, 2.75) is 50.7 Å². The van der Waals surface area contributed by atoms with Gasteiger partial charge >= 0.3 is 5.97 Å². The molecule has 102 valence electrons. The lowest BCUT2D eigenvalue weighted by Gasteiger charge is -2.26. The van der Waals surface area contributed by atoms with Gasteiger partial charge in [0.15, 0.2) is 0 Å². The van der Waals surface area contributed by atoms with E-state index in [2.05, 4.69) is 0 Å². The molecule has 0 aliphatic carbocycles. The van der Waals surface area contributed by atoms with Gasteiger partial charge in [-0.15, -0.1) is 0 Å². The van der Waals surface area contributed by atoms with Crippen LogP contribution in [0.15, 0.2) is 12.2 Å². The summed E-state index contributed by atoms with van der Waals surface area (Å²) in [6.07, 6.45) is 9.82. The first-order valence-electron chi connectivity index (χ1n) is 6.88. The van der Waals surface area contributed by atoms with Gasteiger partial charge in [-0.2, -0.15) is 0 Å². The molecule has 4 nitrogen and oxygen atoms in total. The van der Waals surface area contributed by atoms with E-state index >= 15 is 0 Å². The number of carbonyl (C=O) groups is 1. The number of unbranched alkanes of at least 4 members (excludes halogenated alkanes) is 2. The standard InChI is InChI=1S/C14H22O4/c15-9-11-10(12-7-8-13(11)18-12)5-3-1-2-4-6-14(16)17/h4,6,10-13,15H,1-3,5,7-9H2,(H,16,17)/b6-4+. The molecule has 2 aliphatic heterocycles. The zero-order chi connectivity index (χ0) is 13.0. The highest BCUT2D eigenvalue weighted by Gasteiger charge is 2.47. The minimum Gasteiger partial charge on any atom is -0.478 e. The summed E-state index contributed by atoms with van der Waals surface area (Å²) in [6, 6.07) is 0. The molecule has 0 saturated carbocycles. The molecule has 2 heterocycles. The predicted molar refractivity (Wildman–Crippen MR) is 67.2 cm³/mol. The van der Waals surface area contributed by atoms with E-state index in [4.69, 9.17) is 9.84 Å². The summed E-state index contributed by atoms with van der Waals surface area (Å²) in [5, 5.41) is 17.9. The summed E-state index contributed by atoms with van der Waals surface area (Å²) in [5.41, 5.74) is 0. The maximum Gasteiger partial charge on any atom is 0.327 e. The van der Waals surface area contributed by atoms with Gasteiger partial charge in [0.1, 0.15) is 0 Å². The fourth-order valence-corrected chi connectivity index (χ4v) is 3.35. The number of fused-ring (bicyclic) bond motifs is 2. The number of allylic oxidation sites excluding steroid dienone is 1. The van der Waals surface area contributed by atoms with Crippen LogP contribution in [-0.2, 0) is 9.53 Å². The third-order valence-corrected chi connectivity index (χ3v) is 4.22. The first-order valence-corrected chi connectivity index (χ1v) is 6.88. The number of rotatable bonds is 7. The van der Waals surface area contributed by atoms with E-state index in [0.717, 1.165) is 38.5 Å². The van der Waals surface area contributed by atoms with Crippen LogP contribution in [0.1, 0.15) is 38.5 Å². The van der Waals surface area contributed by atoms with E-state index < -0.39 is 5.97 Å². The second-order valence-electron chi connectivity index (χ2n) is 5.33. The summed E-state index contributed by atoms with van der Waals surface area (Å²) >= 11 is 0. The number of carboxylic acid groups (broad SMARTS) is 1. The minimum atomic E-state index is -0.878. The third-order valence-electron chi connectivity index (χ3n) is 4.22. The van der Waals surface area contributed by atoms with Crippen LogP contribution >= 0.6 is 0 Å². The van der Waals surface area contributed by atoms with Crippen molar-refractivity contribution in [2.75, 3.05) is 6.61 Å². The summed E-state index contributed by atoms with van der Waals surface area (Å²) in [6.45, 7) is 0.241. The molecule has 0 spiro atoms. The lowest BCUT2D eigenvalue weighted by Crippen LogP contribution is -2.29. The van der Waals surface area contributed by atoms with Crippen molar-refractivity contribution in [3.8, 4) is 0 Å². The van der Waals surface area contributed by atoms with Gasteiger partial charge in [-0.05, 0) is 38.0 Å². The lowest BCUT2D eigenvalue weighted by atomic mass is 9.77. The van der Waals surface area contributed by atoms with Crippen LogP contribution in [0.3, 0.4) is 0 Å². The first kappa shape index (κ1) is 13.6. The van der Waals surface area contributed by atoms with E-state index in [1.165, 1.54) is 6.08 Å². The normalized spacial score (nSPS) is 34.5. The van der Waals surface area contributed by atoms with Crippen LogP contribution in [0.2, 0.25) is 0 Å². The fraction of sp³-hybridized carbons (Fsp3) is 0.786. The number of carboxylic acids is 1. The molecule has 4 unspecified atom stereocenters. The van der Waals surface area contributed by atoms with E-state index in [0.29, 0.717) is 17.9 Å². The van der Waals surface area contributed by atoms with Crippen LogP contribution < -0.4 is 0 Å². The Kier molecular flexibility index (Phi) is 4.78. The molecule has 2 bridgehead atoms. The molecule has 0 aromatic carbocycles. The second-order valence-corrected chi connectivity index (χ2v) is 5.33. The largest absolute Gasteiger partial charge is 0.478 e. The van der Waals surface area contributed by atoms with Gasteiger partial charge in [0, 0.05) is 18.6 Å². The van der Waals surface area contributed by atoms with E-state index in [9.17, 15) is 9.90 Å². The molecule has 2 saturated heterocycles. The first-order chi connectivity index (χ1) is 8.72. The molecule has 18 heavy (non-hydrogen) atoms. The van der Waals surface area contributed by atoms with E-state index in [-0.39, 0.29) is 12.7 Å². The van der Waals surface area contributed by atoms with Crippen LogP contribution in [0.5, 0.6) is 0 Å². The SMILES string of the molecule is O=C(O)/C=C/CCCCC1C2CCC(O2)C1CO. The maximum atomic E-state index is 10.3. The molecular formula is C14H22O4. The van der Waals surface area contributed by atoms with Crippen LogP contribution in [0.25, 0.3) is 0 Å². The minimum absolute atomic E-state index is 0.241. The summed E-state index contributed by atoms with van der Waals surface area (Å²) in [4.78, 5) is 10.3. The van der Waals surface area contributed by atoms with Crippen LogP contribution in [-0.4, -0.2) is 35.0 Å². The molecule has 2 aliphatic rings. The molecule has 2 N–H and O–H groups in total. The van der Waals surface area contributed by atoms with Crippen LogP contribution in [0.4, 0.5) is 0 Å². The van der Waals surface area contributed by atoms with Crippen molar-refractivity contribution in [3.05, 3.63) is 12.2 Å². The summed E-state index contributed by atoms with van der Waals surface area (Å²) in [7, 11) is 0. The molecular weight excluding hydrogens is 232 g/mol. The van der Waals surface area contributed by atoms with Crippen LogP contribution in [0, 0.1) is 11.8 Å². The van der Waals surface area contributed by atoms with Crippen molar-refractivity contribution in [1.29, 1.82) is 0 Å². The highest BCUT2D eigenvalue weighted by atomic mass is 16.5. The van der Waals surface area contributed by atoms with Crippen molar-refractivity contribution in [1.82, 2.24) is 0 Å². The smallest absolute Gasteiger partial charge is 0.327 e. The van der Waals surface area contributed by atoms with Crippen molar-refractivity contribution >= 4 is 5.97 Å². The predicted octanol–water partition coefficient (Wildman–Crippen LogP) is 1.97. The van der Waals surface area contributed by atoms with Crippen molar-refractivity contribution < 1.29 is 19.7 Å². The zero-order valence-corrected chi connectivity index (χ0v) is 10.6. The zero-order valence-electron chi connectivity index (χ0n) is 10.6. The number of ether oxygens (including phenoxy) is 1. The molecule has 0 aromatic heterocycles. The Morgan fingerprint density at radius 3 is 2.61 bits per heavy atom. The topological polar surface area (TPSA) is 66.8 Å². The van der Waals surface area contributed by atoms with Gasteiger partial charge in [-0.25, -0.2) is 4.79 Å². The average molecular weight is 254 g/mol. The number of hydrogen-bond acceptors (Lipinski definition) is 3. The summed E-state index contributed by atoms with van der Waals surface area (Å²) < 4.78 is 5.85. The van der Waals surface area contributed by atoms with Gasteiger partial charge < -0.3 is 14.9 Å².